The number of ether oxygens (including phenoxy) is 1. The quantitative estimate of drug-likeness (QED) is 0.735. The van der Waals surface area contributed by atoms with Crippen LogP contribution in [0.25, 0.3) is 0 Å². The molecule has 1 heterocycles. The van der Waals surface area contributed by atoms with Gasteiger partial charge in [0.15, 0.2) is 0 Å². The molecule has 0 atom stereocenters. The summed E-state index contributed by atoms with van der Waals surface area (Å²) in [5.74, 6) is 0.265. The van der Waals surface area contributed by atoms with Gasteiger partial charge in [0.2, 0.25) is 0 Å². The van der Waals surface area contributed by atoms with Crippen molar-refractivity contribution in [1.29, 1.82) is 0 Å². The molecule has 0 aliphatic carbocycles. The first-order valence-electron chi connectivity index (χ1n) is 7.44. The van der Waals surface area contributed by atoms with E-state index in [1.54, 1.807) is 24.3 Å². The fraction of sp³-hybridized carbons (Fsp3) is 0.0556. The Morgan fingerprint density at radius 2 is 1.76 bits per heavy atom. The minimum absolute atomic E-state index is 0.127. The SMILES string of the molecule is O=C(Nc1ccc(OCc2ccc(Cl)cc2)cc1)c1ccc(=O)[nH]n1. The van der Waals surface area contributed by atoms with Gasteiger partial charge in [0.1, 0.15) is 18.1 Å². The van der Waals surface area contributed by atoms with Gasteiger partial charge in [0, 0.05) is 16.8 Å². The van der Waals surface area contributed by atoms with E-state index in [1.165, 1.54) is 12.1 Å². The Morgan fingerprint density at radius 1 is 1.04 bits per heavy atom. The fourth-order valence-corrected chi connectivity index (χ4v) is 2.17. The van der Waals surface area contributed by atoms with E-state index in [9.17, 15) is 9.59 Å². The number of hydrogen-bond donors (Lipinski definition) is 2. The van der Waals surface area contributed by atoms with Crippen molar-refractivity contribution in [1.82, 2.24) is 10.2 Å². The van der Waals surface area contributed by atoms with Crippen LogP contribution >= 0.6 is 11.6 Å². The number of carbonyl (C=O) groups excluding carboxylic acids is 1. The number of H-pyrrole nitrogens is 1. The largest absolute Gasteiger partial charge is 0.489 e. The zero-order valence-corrected chi connectivity index (χ0v) is 13.8. The van der Waals surface area contributed by atoms with Gasteiger partial charge in [-0.15, -0.1) is 0 Å². The highest BCUT2D eigenvalue weighted by Gasteiger charge is 2.07. The standard InChI is InChI=1S/C18H14ClN3O3/c19-13-3-1-12(2-4-13)11-25-15-7-5-14(6-8-15)20-18(24)16-9-10-17(23)22-21-16/h1-10H,11H2,(H,20,24)(H,22,23). The first-order chi connectivity index (χ1) is 12.1. The Kier molecular flexibility index (Phi) is 5.11. The van der Waals surface area contributed by atoms with Crippen LogP contribution in [0.15, 0.2) is 65.5 Å². The van der Waals surface area contributed by atoms with Crippen LogP contribution in [0.2, 0.25) is 5.02 Å². The van der Waals surface area contributed by atoms with Gasteiger partial charge in [0.25, 0.3) is 11.5 Å². The van der Waals surface area contributed by atoms with E-state index in [4.69, 9.17) is 16.3 Å². The molecule has 1 aromatic heterocycles. The molecule has 0 spiro atoms. The normalized spacial score (nSPS) is 10.3. The Labute approximate surface area is 148 Å². The third-order valence-electron chi connectivity index (χ3n) is 3.34. The molecule has 0 saturated heterocycles. The molecule has 0 fully saturated rings. The molecule has 3 aromatic rings. The van der Waals surface area contributed by atoms with Crippen LogP contribution in [0, 0.1) is 0 Å². The van der Waals surface area contributed by atoms with Crippen molar-refractivity contribution >= 4 is 23.2 Å². The smallest absolute Gasteiger partial charge is 0.276 e. The molecule has 7 heteroatoms. The summed E-state index contributed by atoms with van der Waals surface area (Å²) in [5, 5.41) is 9.27. The molecule has 25 heavy (non-hydrogen) atoms. The Bertz CT molecular complexity index is 901. The number of nitrogens with zero attached hydrogens (tertiary/aromatic N) is 1. The first-order valence-corrected chi connectivity index (χ1v) is 7.82. The molecule has 0 radical (unpaired) electrons. The molecule has 0 aliphatic rings. The average Bonchev–Trinajstić information content (AvgIpc) is 2.63. The summed E-state index contributed by atoms with van der Waals surface area (Å²) in [7, 11) is 0. The number of hydrogen-bond acceptors (Lipinski definition) is 4. The topological polar surface area (TPSA) is 84.1 Å². The molecule has 0 bridgehead atoms. The molecule has 3 rings (SSSR count). The van der Waals surface area contributed by atoms with E-state index in [2.05, 4.69) is 15.5 Å². The molecular formula is C18H14ClN3O3. The molecule has 0 saturated carbocycles. The molecule has 2 N–H and O–H groups in total. The maximum Gasteiger partial charge on any atom is 0.276 e. The van der Waals surface area contributed by atoms with Gasteiger partial charge in [-0.25, -0.2) is 5.10 Å². The minimum Gasteiger partial charge on any atom is -0.489 e. The molecule has 2 aromatic carbocycles. The first kappa shape index (κ1) is 16.7. The number of amides is 1. The Balaban J connectivity index is 1.58. The summed E-state index contributed by atoms with van der Waals surface area (Å²) >= 11 is 5.84. The summed E-state index contributed by atoms with van der Waals surface area (Å²) in [6.45, 7) is 0.421. The van der Waals surface area contributed by atoms with E-state index in [1.807, 2.05) is 24.3 Å². The van der Waals surface area contributed by atoms with Crippen LogP contribution in [0.4, 0.5) is 5.69 Å². The molecule has 1 amide bonds. The van der Waals surface area contributed by atoms with Gasteiger partial charge in [-0.2, -0.15) is 5.10 Å². The van der Waals surface area contributed by atoms with E-state index >= 15 is 0 Å². The predicted molar refractivity (Wildman–Crippen MR) is 95.0 cm³/mol. The second-order valence-electron chi connectivity index (χ2n) is 5.20. The maximum absolute atomic E-state index is 12.0. The zero-order chi connectivity index (χ0) is 17.6. The molecule has 126 valence electrons. The lowest BCUT2D eigenvalue weighted by Crippen LogP contribution is -2.17. The van der Waals surface area contributed by atoms with Crippen LogP contribution < -0.4 is 15.6 Å². The predicted octanol–water partition coefficient (Wildman–Crippen LogP) is 3.25. The fourth-order valence-electron chi connectivity index (χ4n) is 2.05. The highest BCUT2D eigenvalue weighted by Crippen LogP contribution is 2.18. The van der Waals surface area contributed by atoms with Gasteiger partial charge in [-0.1, -0.05) is 23.7 Å². The number of anilines is 1. The summed E-state index contributed by atoms with van der Waals surface area (Å²) in [6.07, 6.45) is 0. The number of carbonyl (C=O) groups is 1. The summed E-state index contributed by atoms with van der Waals surface area (Å²) in [5.41, 5.74) is 1.36. The van der Waals surface area contributed by atoms with Crippen molar-refractivity contribution in [2.24, 2.45) is 0 Å². The van der Waals surface area contributed by atoms with Gasteiger partial charge in [-0.05, 0) is 48.0 Å². The highest BCUT2D eigenvalue weighted by molar-refractivity contribution is 6.30. The van der Waals surface area contributed by atoms with Crippen molar-refractivity contribution in [3.63, 3.8) is 0 Å². The van der Waals surface area contributed by atoms with E-state index in [0.29, 0.717) is 23.1 Å². The second kappa shape index (κ2) is 7.63. The van der Waals surface area contributed by atoms with Crippen molar-refractivity contribution in [3.8, 4) is 5.75 Å². The van der Waals surface area contributed by atoms with Crippen molar-refractivity contribution in [2.75, 3.05) is 5.32 Å². The van der Waals surface area contributed by atoms with Crippen LogP contribution in [-0.4, -0.2) is 16.1 Å². The number of halogens is 1. The number of aromatic amines is 1. The third-order valence-corrected chi connectivity index (χ3v) is 3.59. The van der Waals surface area contributed by atoms with Gasteiger partial charge < -0.3 is 10.1 Å². The number of benzene rings is 2. The summed E-state index contributed by atoms with van der Waals surface area (Å²) in [6, 6.07) is 17.0. The van der Waals surface area contributed by atoms with Crippen LogP contribution in [0.3, 0.4) is 0 Å². The van der Waals surface area contributed by atoms with Crippen molar-refractivity contribution in [3.05, 3.63) is 87.3 Å². The van der Waals surface area contributed by atoms with Crippen LogP contribution in [-0.2, 0) is 6.61 Å². The second-order valence-corrected chi connectivity index (χ2v) is 5.64. The summed E-state index contributed by atoms with van der Waals surface area (Å²) in [4.78, 5) is 23.0. The van der Waals surface area contributed by atoms with Crippen LogP contribution in [0.1, 0.15) is 16.1 Å². The minimum atomic E-state index is -0.411. The van der Waals surface area contributed by atoms with E-state index in [-0.39, 0.29) is 11.3 Å². The Morgan fingerprint density at radius 3 is 2.40 bits per heavy atom. The number of nitrogens with one attached hydrogen (secondary N) is 2. The van der Waals surface area contributed by atoms with Crippen LogP contribution in [0.5, 0.6) is 5.75 Å². The van der Waals surface area contributed by atoms with Gasteiger partial charge in [-0.3, -0.25) is 9.59 Å². The van der Waals surface area contributed by atoms with Gasteiger partial charge >= 0.3 is 0 Å². The molecule has 0 unspecified atom stereocenters. The van der Waals surface area contributed by atoms with E-state index in [0.717, 1.165) is 5.56 Å². The molecule has 0 aliphatic heterocycles. The lowest BCUT2D eigenvalue weighted by Gasteiger charge is -2.08. The molecule has 6 nitrogen and oxygen atoms in total. The zero-order valence-electron chi connectivity index (χ0n) is 13.0. The molecular weight excluding hydrogens is 342 g/mol. The average molecular weight is 356 g/mol. The number of rotatable bonds is 5. The van der Waals surface area contributed by atoms with Crippen molar-refractivity contribution in [2.45, 2.75) is 6.61 Å². The monoisotopic (exact) mass is 355 g/mol. The summed E-state index contributed by atoms with van der Waals surface area (Å²) < 4.78 is 5.68. The Hall–Kier alpha value is -3.12. The van der Waals surface area contributed by atoms with Gasteiger partial charge in [0.05, 0.1) is 0 Å². The lowest BCUT2D eigenvalue weighted by atomic mass is 10.2. The number of aromatic nitrogens is 2. The third kappa shape index (κ3) is 4.68. The van der Waals surface area contributed by atoms with E-state index < -0.39 is 5.91 Å². The maximum atomic E-state index is 12.0. The highest BCUT2D eigenvalue weighted by atomic mass is 35.5. The van der Waals surface area contributed by atoms with Crippen molar-refractivity contribution < 1.29 is 9.53 Å². The lowest BCUT2D eigenvalue weighted by molar-refractivity contribution is 0.102.